The van der Waals surface area contributed by atoms with E-state index in [0.29, 0.717) is 5.56 Å². The van der Waals surface area contributed by atoms with Crippen molar-refractivity contribution < 1.29 is 22.3 Å². The van der Waals surface area contributed by atoms with Crippen molar-refractivity contribution in [2.75, 3.05) is 0 Å². The lowest BCUT2D eigenvalue weighted by atomic mass is 10.2. The first-order chi connectivity index (χ1) is 6.49. The number of ether oxygens (including phenoxy) is 1. The second-order valence-electron chi connectivity index (χ2n) is 2.60. The number of aryl methyl sites for hydroxylation is 1. The Bertz CT molecular complexity index is 349. The Morgan fingerprint density at radius 1 is 1.14 bits per heavy atom. The van der Waals surface area contributed by atoms with E-state index in [4.69, 9.17) is 0 Å². The Kier molecular flexibility index (Phi) is 3.11. The molecule has 1 aromatic rings. The van der Waals surface area contributed by atoms with Crippen molar-refractivity contribution in [2.24, 2.45) is 0 Å². The van der Waals surface area contributed by atoms with Crippen LogP contribution in [0, 0.1) is 12.7 Å². The molecule has 5 heteroatoms. The predicted octanol–water partition coefficient (Wildman–Crippen LogP) is 3.55. The van der Waals surface area contributed by atoms with Gasteiger partial charge in [0.05, 0.1) is 0 Å². The zero-order valence-corrected chi connectivity index (χ0v) is 7.15. The quantitative estimate of drug-likeness (QED) is 0.531. The first kappa shape index (κ1) is 10.6. The molecule has 0 atom stereocenters. The predicted molar refractivity (Wildman–Crippen MR) is 42.1 cm³/mol. The largest absolute Gasteiger partial charge is 0.428 e. The average molecular weight is 206 g/mol. The second kappa shape index (κ2) is 4.13. The van der Waals surface area contributed by atoms with Crippen LogP contribution in [0.25, 0.3) is 0 Å². The van der Waals surface area contributed by atoms with Gasteiger partial charge >= 0.3 is 12.1 Å². The smallest absolute Gasteiger partial charge is 0.344 e. The Morgan fingerprint density at radius 2 is 1.79 bits per heavy atom. The summed E-state index contributed by atoms with van der Waals surface area (Å²) in [6, 6.07) is 1.21. The SMILES string of the molecule is Cc1cc(F)cc(OC(F)=C(F)F)c1. The van der Waals surface area contributed by atoms with Gasteiger partial charge in [-0.25, -0.2) is 4.39 Å². The van der Waals surface area contributed by atoms with E-state index >= 15 is 0 Å². The molecule has 1 aromatic carbocycles. The normalized spacial score (nSPS) is 9.79. The molecule has 1 rings (SSSR count). The van der Waals surface area contributed by atoms with E-state index in [0.717, 1.165) is 6.07 Å². The van der Waals surface area contributed by atoms with Crippen molar-refractivity contribution in [3.05, 3.63) is 41.7 Å². The molecular weight excluding hydrogens is 200 g/mol. The van der Waals surface area contributed by atoms with Crippen molar-refractivity contribution in [3.8, 4) is 5.75 Å². The molecule has 76 valence electrons. The van der Waals surface area contributed by atoms with Gasteiger partial charge in [0.15, 0.2) is 0 Å². The van der Waals surface area contributed by atoms with Crippen LogP contribution in [0.4, 0.5) is 17.6 Å². The minimum Gasteiger partial charge on any atom is -0.428 e. The van der Waals surface area contributed by atoms with Crippen LogP contribution >= 0.6 is 0 Å². The molecule has 0 N–H and O–H groups in total. The first-order valence-electron chi connectivity index (χ1n) is 3.65. The first-order valence-corrected chi connectivity index (χ1v) is 3.65. The molecule has 0 spiro atoms. The maximum atomic E-state index is 12.7. The maximum absolute atomic E-state index is 12.7. The van der Waals surface area contributed by atoms with Gasteiger partial charge in [0.2, 0.25) is 0 Å². The summed E-state index contributed by atoms with van der Waals surface area (Å²) in [5.74, 6) is -0.972. The molecule has 0 heterocycles. The van der Waals surface area contributed by atoms with E-state index in [1.807, 2.05) is 0 Å². The summed E-state index contributed by atoms with van der Waals surface area (Å²) >= 11 is 0. The third-order valence-corrected chi connectivity index (χ3v) is 1.37. The minimum atomic E-state index is -2.58. The lowest BCUT2D eigenvalue weighted by molar-refractivity contribution is 0.240. The highest BCUT2D eigenvalue weighted by Crippen LogP contribution is 2.20. The summed E-state index contributed by atoms with van der Waals surface area (Å²) in [6.45, 7) is 1.53. The highest BCUT2D eigenvalue weighted by atomic mass is 19.3. The summed E-state index contributed by atoms with van der Waals surface area (Å²) in [4.78, 5) is 0. The van der Waals surface area contributed by atoms with Crippen LogP contribution in [-0.4, -0.2) is 0 Å². The lowest BCUT2D eigenvalue weighted by Gasteiger charge is -2.02. The van der Waals surface area contributed by atoms with Gasteiger partial charge in [-0.3, -0.25) is 0 Å². The molecule has 0 aliphatic rings. The maximum Gasteiger partial charge on any atom is 0.344 e. The van der Waals surface area contributed by atoms with Gasteiger partial charge in [0.1, 0.15) is 11.6 Å². The molecule has 0 aromatic heterocycles. The van der Waals surface area contributed by atoms with Gasteiger partial charge in [0.25, 0.3) is 0 Å². The summed E-state index contributed by atoms with van der Waals surface area (Å²) < 4.78 is 52.2. The van der Waals surface area contributed by atoms with Gasteiger partial charge < -0.3 is 4.74 Å². The number of benzene rings is 1. The highest BCUT2D eigenvalue weighted by molar-refractivity contribution is 5.29. The molecule has 0 aliphatic carbocycles. The molecule has 0 amide bonds. The fourth-order valence-electron chi connectivity index (χ4n) is 0.904. The van der Waals surface area contributed by atoms with Crippen LogP contribution < -0.4 is 4.74 Å². The monoisotopic (exact) mass is 206 g/mol. The summed E-state index contributed by atoms with van der Waals surface area (Å²) in [5, 5.41) is 0. The Balaban J connectivity index is 2.93. The van der Waals surface area contributed by atoms with E-state index in [-0.39, 0.29) is 5.75 Å². The van der Waals surface area contributed by atoms with Gasteiger partial charge in [0, 0.05) is 6.07 Å². The minimum absolute atomic E-state index is 0.298. The van der Waals surface area contributed by atoms with E-state index < -0.39 is 17.9 Å². The summed E-state index contributed by atoms with van der Waals surface area (Å²) in [7, 11) is 0. The Morgan fingerprint density at radius 3 is 2.29 bits per heavy atom. The number of hydrogen-bond acceptors (Lipinski definition) is 1. The van der Waals surface area contributed by atoms with Gasteiger partial charge in [-0.05, 0) is 24.6 Å². The van der Waals surface area contributed by atoms with E-state index in [2.05, 4.69) is 4.74 Å². The van der Waals surface area contributed by atoms with E-state index in [1.165, 1.54) is 19.1 Å². The third kappa shape index (κ3) is 2.76. The molecule has 14 heavy (non-hydrogen) atoms. The van der Waals surface area contributed by atoms with Gasteiger partial charge in [-0.2, -0.15) is 13.2 Å². The highest BCUT2D eigenvalue weighted by Gasteiger charge is 2.08. The molecule has 0 fully saturated rings. The molecule has 0 unspecified atom stereocenters. The van der Waals surface area contributed by atoms with Crippen molar-refractivity contribution in [3.63, 3.8) is 0 Å². The van der Waals surface area contributed by atoms with Crippen molar-refractivity contribution in [2.45, 2.75) is 6.92 Å². The summed E-state index contributed by atoms with van der Waals surface area (Å²) in [5.41, 5.74) is 0.451. The zero-order valence-electron chi connectivity index (χ0n) is 7.15. The van der Waals surface area contributed by atoms with Crippen LogP contribution in [0.1, 0.15) is 5.56 Å². The topological polar surface area (TPSA) is 9.23 Å². The third-order valence-electron chi connectivity index (χ3n) is 1.37. The summed E-state index contributed by atoms with van der Waals surface area (Å²) in [6.07, 6.45) is -2.58. The number of rotatable bonds is 2. The van der Waals surface area contributed by atoms with Crippen LogP contribution in [0.3, 0.4) is 0 Å². The van der Waals surface area contributed by atoms with Crippen molar-refractivity contribution in [1.82, 2.24) is 0 Å². The Hall–Kier alpha value is -1.52. The molecule has 0 radical (unpaired) electrons. The van der Waals surface area contributed by atoms with Gasteiger partial charge in [-0.1, -0.05) is 0 Å². The van der Waals surface area contributed by atoms with Crippen LogP contribution in [0.2, 0.25) is 0 Å². The molecule has 0 saturated carbocycles. The van der Waals surface area contributed by atoms with Crippen LogP contribution in [-0.2, 0) is 0 Å². The van der Waals surface area contributed by atoms with Crippen LogP contribution in [0.15, 0.2) is 30.3 Å². The van der Waals surface area contributed by atoms with Crippen molar-refractivity contribution >= 4 is 0 Å². The molecular formula is C9H6F4O. The standard InChI is InChI=1S/C9H6F4O/c1-5-2-6(10)4-7(3-5)14-9(13)8(11)12/h2-4H,1H3. The number of halogens is 4. The fourth-order valence-corrected chi connectivity index (χ4v) is 0.904. The van der Waals surface area contributed by atoms with Gasteiger partial charge in [-0.15, -0.1) is 0 Å². The molecule has 0 aliphatic heterocycles. The zero-order chi connectivity index (χ0) is 10.7. The lowest BCUT2D eigenvalue weighted by Crippen LogP contribution is -1.92. The van der Waals surface area contributed by atoms with Crippen molar-refractivity contribution in [1.29, 1.82) is 0 Å². The Labute approximate surface area is 77.6 Å². The average Bonchev–Trinajstić information content (AvgIpc) is 2.01. The molecule has 1 nitrogen and oxygen atoms in total. The molecule has 0 bridgehead atoms. The van der Waals surface area contributed by atoms with E-state index in [1.54, 1.807) is 0 Å². The molecule has 0 saturated heterocycles. The van der Waals surface area contributed by atoms with E-state index in [9.17, 15) is 17.6 Å². The fraction of sp³-hybridized carbons (Fsp3) is 0.111. The second-order valence-corrected chi connectivity index (χ2v) is 2.60. The number of hydrogen-bond donors (Lipinski definition) is 0. The van der Waals surface area contributed by atoms with Crippen LogP contribution in [0.5, 0.6) is 5.75 Å².